The lowest BCUT2D eigenvalue weighted by molar-refractivity contribution is -0.138. The number of hydrogen-bond donors (Lipinski definition) is 3. The van der Waals surface area contributed by atoms with Gasteiger partial charge in [-0.2, -0.15) is 0 Å². The van der Waals surface area contributed by atoms with Gasteiger partial charge in [-0.1, -0.05) is 0 Å². The van der Waals surface area contributed by atoms with Crippen molar-refractivity contribution in [1.29, 1.82) is 0 Å². The maximum Gasteiger partial charge on any atom is 0.320 e. The van der Waals surface area contributed by atoms with Crippen molar-refractivity contribution in [3.8, 4) is 11.5 Å². The van der Waals surface area contributed by atoms with Gasteiger partial charge in [-0.05, 0) is 11.6 Å². The van der Waals surface area contributed by atoms with Gasteiger partial charge in [0.2, 0.25) is 0 Å². The first-order valence-electron chi connectivity index (χ1n) is 4.49. The Hall–Kier alpha value is -1.82. The van der Waals surface area contributed by atoms with Crippen LogP contribution >= 0.6 is 0 Å². The lowest BCUT2D eigenvalue weighted by Crippen LogP contribution is -2.32. The maximum atomic E-state index is 13.1. The molecule has 0 radical (unpaired) electrons. The Kier molecular flexibility index (Phi) is 3.68. The standard InChI is InChI=1S/C10H12FNO4/c1-16-9-3-5(2-7(12)10(14)15)8(13)4-6(9)11/h3-4,7,13H,2,12H2,1H3,(H,14,15). The first-order chi connectivity index (χ1) is 7.45. The summed E-state index contributed by atoms with van der Waals surface area (Å²) in [4.78, 5) is 10.5. The number of phenolic OH excluding ortho intramolecular Hbond substituents is 1. The van der Waals surface area contributed by atoms with Gasteiger partial charge in [0.1, 0.15) is 11.8 Å². The van der Waals surface area contributed by atoms with Crippen LogP contribution < -0.4 is 10.5 Å². The number of methoxy groups -OCH3 is 1. The van der Waals surface area contributed by atoms with Gasteiger partial charge in [-0.15, -0.1) is 0 Å². The van der Waals surface area contributed by atoms with Gasteiger partial charge in [-0.25, -0.2) is 4.39 Å². The molecule has 0 amide bonds. The molecule has 4 N–H and O–H groups in total. The Labute approximate surface area is 91.3 Å². The monoisotopic (exact) mass is 229 g/mol. The molecule has 0 aliphatic carbocycles. The average Bonchev–Trinajstić information content (AvgIpc) is 2.21. The molecular weight excluding hydrogens is 217 g/mol. The van der Waals surface area contributed by atoms with E-state index in [1.807, 2.05) is 0 Å². The summed E-state index contributed by atoms with van der Waals surface area (Å²) in [5.41, 5.74) is 5.53. The van der Waals surface area contributed by atoms with Crippen molar-refractivity contribution < 1.29 is 24.1 Å². The minimum absolute atomic E-state index is 0.0645. The van der Waals surface area contributed by atoms with E-state index < -0.39 is 17.8 Å². The topological polar surface area (TPSA) is 92.8 Å². The van der Waals surface area contributed by atoms with Gasteiger partial charge in [0.25, 0.3) is 0 Å². The summed E-state index contributed by atoms with van der Waals surface area (Å²) in [6, 6.07) is 0.942. The molecule has 16 heavy (non-hydrogen) atoms. The molecule has 1 unspecified atom stereocenters. The number of hydrogen-bond acceptors (Lipinski definition) is 4. The van der Waals surface area contributed by atoms with Crippen molar-refractivity contribution in [2.24, 2.45) is 5.73 Å². The molecule has 0 fully saturated rings. The van der Waals surface area contributed by atoms with E-state index in [9.17, 15) is 14.3 Å². The smallest absolute Gasteiger partial charge is 0.320 e. The Bertz CT molecular complexity index is 408. The van der Waals surface area contributed by atoms with Gasteiger partial charge >= 0.3 is 5.97 Å². The minimum atomic E-state index is -1.19. The number of rotatable bonds is 4. The highest BCUT2D eigenvalue weighted by Gasteiger charge is 2.17. The molecule has 1 atom stereocenters. The van der Waals surface area contributed by atoms with Gasteiger partial charge < -0.3 is 20.7 Å². The Morgan fingerprint density at radius 3 is 2.75 bits per heavy atom. The minimum Gasteiger partial charge on any atom is -0.508 e. The molecule has 0 aliphatic rings. The quantitative estimate of drug-likeness (QED) is 0.698. The summed E-state index contributed by atoms with van der Waals surface area (Å²) < 4.78 is 17.8. The van der Waals surface area contributed by atoms with E-state index in [4.69, 9.17) is 15.6 Å². The molecule has 1 aromatic rings. The van der Waals surface area contributed by atoms with Crippen LogP contribution in [0.25, 0.3) is 0 Å². The number of carbonyl (C=O) groups is 1. The van der Waals surface area contributed by atoms with Crippen molar-refractivity contribution in [2.45, 2.75) is 12.5 Å². The summed E-state index contributed by atoms with van der Waals surface area (Å²) in [6.45, 7) is 0. The first-order valence-corrected chi connectivity index (χ1v) is 4.49. The SMILES string of the molecule is COc1cc(CC(N)C(=O)O)c(O)cc1F. The molecule has 0 heterocycles. The summed E-state index contributed by atoms with van der Waals surface area (Å²) >= 11 is 0. The van der Waals surface area contributed by atoms with E-state index in [1.54, 1.807) is 0 Å². The average molecular weight is 229 g/mol. The predicted molar refractivity (Wildman–Crippen MR) is 53.9 cm³/mol. The molecule has 88 valence electrons. The number of nitrogens with two attached hydrogens (primary N) is 1. The third-order valence-electron chi connectivity index (χ3n) is 2.11. The van der Waals surface area contributed by atoms with E-state index in [0.717, 1.165) is 6.07 Å². The number of ether oxygens (including phenoxy) is 1. The van der Waals surface area contributed by atoms with Crippen LogP contribution in [-0.4, -0.2) is 29.3 Å². The zero-order valence-electron chi connectivity index (χ0n) is 8.61. The van der Waals surface area contributed by atoms with Gasteiger partial charge in [-0.3, -0.25) is 4.79 Å². The molecule has 1 aromatic carbocycles. The normalized spacial score (nSPS) is 12.2. The van der Waals surface area contributed by atoms with Crippen molar-refractivity contribution in [3.05, 3.63) is 23.5 Å². The number of benzene rings is 1. The Balaban J connectivity index is 3.00. The molecule has 1 rings (SSSR count). The molecule has 0 spiro atoms. The summed E-state index contributed by atoms with van der Waals surface area (Å²) in [7, 11) is 1.27. The largest absolute Gasteiger partial charge is 0.508 e. The molecule has 5 nitrogen and oxygen atoms in total. The van der Waals surface area contributed by atoms with Crippen LogP contribution in [0.4, 0.5) is 4.39 Å². The van der Waals surface area contributed by atoms with E-state index in [2.05, 4.69) is 0 Å². The third kappa shape index (κ3) is 2.60. The lowest BCUT2D eigenvalue weighted by Gasteiger charge is -2.10. The number of aliphatic carboxylic acids is 1. The van der Waals surface area contributed by atoms with Crippen LogP contribution in [0.3, 0.4) is 0 Å². The lowest BCUT2D eigenvalue weighted by atomic mass is 10.1. The zero-order valence-corrected chi connectivity index (χ0v) is 8.61. The van der Waals surface area contributed by atoms with Crippen LogP contribution in [-0.2, 0) is 11.2 Å². The molecule has 0 aromatic heterocycles. The fourth-order valence-electron chi connectivity index (χ4n) is 1.23. The van der Waals surface area contributed by atoms with Crippen LogP contribution in [0.15, 0.2) is 12.1 Å². The third-order valence-corrected chi connectivity index (χ3v) is 2.11. The van der Waals surface area contributed by atoms with Gasteiger partial charge in [0.15, 0.2) is 11.6 Å². The van der Waals surface area contributed by atoms with E-state index in [-0.39, 0.29) is 23.5 Å². The molecule has 0 saturated carbocycles. The van der Waals surface area contributed by atoms with Gasteiger partial charge in [0, 0.05) is 12.5 Å². The van der Waals surface area contributed by atoms with E-state index in [0.29, 0.717) is 0 Å². The highest BCUT2D eigenvalue weighted by atomic mass is 19.1. The fraction of sp³-hybridized carbons (Fsp3) is 0.300. The molecule has 0 saturated heterocycles. The highest BCUT2D eigenvalue weighted by molar-refractivity contribution is 5.73. The van der Waals surface area contributed by atoms with Crippen molar-refractivity contribution in [3.63, 3.8) is 0 Å². The second-order valence-electron chi connectivity index (χ2n) is 3.26. The number of carboxylic acid groups (broad SMARTS) is 1. The molecule has 0 aliphatic heterocycles. The van der Waals surface area contributed by atoms with Crippen LogP contribution in [0, 0.1) is 5.82 Å². The number of carboxylic acids is 1. The molecule has 0 bridgehead atoms. The summed E-state index contributed by atoms with van der Waals surface area (Å²) in [6.07, 6.45) is -0.0994. The van der Waals surface area contributed by atoms with Crippen molar-refractivity contribution in [2.75, 3.05) is 7.11 Å². The first kappa shape index (κ1) is 12.3. The number of halogens is 1. The van der Waals surface area contributed by atoms with E-state index >= 15 is 0 Å². The second kappa shape index (κ2) is 4.80. The molecular formula is C10H12FNO4. The highest BCUT2D eigenvalue weighted by Crippen LogP contribution is 2.27. The molecule has 6 heteroatoms. The Morgan fingerprint density at radius 2 is 2.25 bits per heavy atom. The van der Waals surface area contributed by atoms with Crippen molar-refractivity contribution >= 4 is 5.97 Å². The predicted octanol–water partition coefficient (Wildman–Crippen LogP) is 0.494. The van der Waals surface area contributed by atoms with Crippen LogP contribution in [0.5, 0.6) is 11.5 Å². The number of phenols is 1. The summed E-state index contributed by atoms with van der Waals surface area (Å²) in [5.74, 6) is -2.31. The van der Waals surface area contributed by atoms with Crippen LogP contribution in [0.1, 0.15) is 5.56 Å². The second-order valence-corrected chi connectivity index (χ2v) is 3.26. The van der Waals surface area contributed by atoms with Crippen molar-refractivity contribution in [1.82, 2.24) is 0 Å². The van der Waals surface area contributed by atoms with Gasteiger partial charge in [0.05, 0.1) is 7.11 Å². The van der Waals surface area contributed by atoms with E-state index in [1.165, 1.54) is 13.2 Å². The summed E-state index contributed by atoms with van der Waals surface area (Å²) in [5, 5.41) is 18.0. The maximum absolute atomic E-state index is 13.1. The fourth-order valence-corrected chi connectivity index (χ4v) is 1.23. The Morgan fingerprint density at radius 1 is 1.62 bits per heavy atom. The number of aromatic hydroxyl groups is 1. The zero-order chi connectivity index (χ0) is 12.3. The van der Waals surface area contributed by atoms with Crippen LogP contribution in [0.2, 0.25) is 0 Å².